The zero-order valence-electron chi connectivity index (χ0n) is 12.9. The number of aliphatic hydroxyl groups is 1. The van der Waals surface area contributed by atoms with Gasteiger partial charge in [0.1, 0.15) is 0 Å². The maximum absolute atomic E-state index is 11.9. The standard InChI is InChI=1S/C16H23NO6/c18-10-12-9-11(5-8-23-12)22-7-2-6-17-16(21)13-3-1-4-14(19)15(13)20/h1,3-4,11-12,18-20H,2,5-10H2,(H,17,21)/t11-,12+/m1/s1. The van der Waals surface area contributed by atoms with E-state index in [0.717, 1.165) is 6.42 Å². The molecule has 0 bridgehead atoms. The molecule has 7 heteroatoms. The van der Waals surface area contributed by atoms with E-state index in [1.807, 2.05) is 0 Å². The summed E-state index contributed by atoms with van der Waals surface area (Å²) in [5, 5.41) is 30.7. The van der Waals surface area contributed by atoms with Crippen molar-refractivity contribution in [3.05, 3.63) is 23.8 Å². The number of phenols is 2. The molecule has 0 saturated carbocycles. The first-order valence-corrected chi connectivity index (χ1v) is 7.75. The molecule has 0 aromatic heterocycles. The van der Waals surface area contributed by atoms with Crippen molar-refractivity contribution in [2.75, 3.05) is 26.4 Å². The number of benzene rings is 1. The van der Waals surface area contributed by atoms with Crippen molar-refractivity contribution in [1.29, 1.82) is 0 Å². The van der Waals surface area contributed by atoms with Crippen molar-refractivity contribution in [3.8, 4) is 11.5 Å². The molecule has 1 aromatic rings. The van der Waals surface area contributed by atoms with E-state index >= 15 is 0 Å². The second-order valence-electron chi connectivity index (χ2n) is 5.48. The molecule has 2 rings (SSSR count). The first kappa shape index (κ1) is 17.5. The number of amides is 1. The average molecular weight is 325 g/mol. The smallest absolute Gasteiger partial charge is 0.255 e. The highest BCUT2D eigenvalue weighted by Crippen LogP contribution is 2.27. The molecular weight excluding hydrogens is 302 g/mol. The lowest BCUT2D eigenvalue weighted by Gasteiger charge is -2.28. The van der Waals surface area contributed by atoms with Crippen LogP contribution in [-0.4, -0.2) is 59.8 Å². The zero-order chi connectivity index (χ0) is 16.7. The Morgan fingerprint density at radius 3 is 3.00 bits per heavy atom. The van der Waals surface area contributed by atoms with Gasteiger partial charge in [0.05, 0.1) is 24.4 Å². The lowest BCUT2D eigenvalue weighted by atomic mass is 10.1. The molecule has 1 heterocycles. The van der Waals surface area contributed by atoms with E-state index in [2.05, 4.69) is 5.32 Å². The maximum Gasteiger partial charge on any atom is 0.255 e. The second kappa shape index (κ2) is 8.71. The Labute approximate surface area is 134 Å². The summed E-state index contributed by atoms with van der Waals surface area (Å²) in [6, 6.07) is 4.25. The van der Waals surface area contributed by atoms with Crippen LogP contribution in [0.5, 0.6) is 11.5 Å². The molecule has 0 aliphatic carbocycles. The van der Waals surface area contributed by atoms with Crippen molar-refractivity contribution in [1.82, 2.24) is 5.32 Å². The van der Waals surface area contributed by atoms with Crippen LogP contribution in [-0.2, 0) is 9.47 Å². The van der Waals surface area contributed by atoms with Gasteiger partial charge in [-0.2, -0.15) is 0 Å². The van der Waals surface area contributed by atoms with Gasteiger partial charge in [-0.1, -0.05) is 6.07 Å². The Morgan fingerprint density at radius 2 is 2.22 bits per heavy atom. The van der Waals surface area contributed by atoms with Gasteiger partial charge in [-0.15, -0.1) is 0 Å². The van der Waals surface area contributed by atoms with E-state index in [4.69, 9.17) is 14.6 Å². The third-order valence-corrected chi connectivity index (χ3v) is 3.74. The van der Waals surface area contributed by atoms with Crippen molar-refractivity contribution in [2.45, 2.75) is 31.5 Å². The van der Waals surface area contributed by atoms with Crippen LogP contribution in [0.25, 0.3) is 0 Å². The van der Waals surface area contributed by atoms with Gasteiger partial charge in [0.15, 0.2) is 11.5 Å². The van der Waals surface area contributed by atoms with Crippen LogP contribution in [0.3, 0.4) is 0 Å². The summed E-state index contributed by atoms with van der Waals surface area (Å²) in [5.74, 6) is -1.18. The van der Waals surface area contributed by atoms with Crippen LogP contribution in [0.15, 0.2) is 18.2 Å². The number of carbonyl (C=O) groups is 1. The minimum Gasteiger partial charge on any atom is -0.504 e. The lowest BCUT2D eigenvalue weighted by Crippen LogP contribution is -2.33. The van der Waals surface area contributed by atoms with Crippen LogP contribution in [0, 0.1) is 0 Å². The molecule has 128 valence electrons. The summed E-state index contributed by atoms with van der Waals surface area (Å²) < 4.78 is 11.1. The lowest BCUT2D eigenvalue weighted by molar-refractivity contribution is -0.0876. The number of aliphatic hydroxyl groups excluding tert-OH is 1. The highest BCUT2D eigenvalue weighted by Gasteiger charge is 2.22. The van der Waals surface area contributed by atoms with Gasteiger partial charge < -0.3 is 30.1 Å². The second-order valence-corrected chi connectivity index (χ2v) is 5.48. The third-order valence-electron chi connectivity index (χ3n) is 3.74. The first-order valence-electron chi connectivity index (χ1n) is 7.75. The number of hydrogen-bond donors (Lipinski definition) is 4. The quantitative estimate of drug-likeness (QED) is 0.436. The number of rotatable bonds is 7. The molecule has 0 unspecified atom stereocenters. The third kappa shape index (κ3) is 5.09. The van der Waals surface area contributed by atoms with Gasteiger partial charge in [0, 0.05) is 26.2 Å². The fraction of sp³-hybridized carbons (Fsp3) is 0.562. The molecule has 23 heavy (non-hydrogen) atoms. The van der Waals surface area contributed by atoms with Gasteiger partial charge in [-0.05, 0) is 25.0 Å². The molecule has 1 aliphatic heterocycles. The highest BCUT2D eigenvalue weighted by atomic mass is 16.5. The molecule has 2 atom stereocenters. The summed E-state index contributed by atoms with van der Waals surface area (Å²) in [7, 11) is 0. The molecule has 0 radical (unpaired) electrons. The van der Waals surface area contributed by atoms with Gasteiger partial charge in [0.2, 0.25) is 0 Å². The Morgan fingerprint density at radius 1 is 1.39 bits per heavy atom. The van der Waals surface area contributed by atoms with Gasteiger partial charge in [-0.25, -0.2) is 0 Å². The average Bonchev–Trinajstić information content (AvgIpc) is 2.57. The molecule has 1 aromatic carbocycles. The Kier molecular flexibility index (Phi) is 6.64. The number of phenolic OH excluding ortho intramolecular Hbond substituents is 2. The van der Waals surface area contributed by atoms with E-state index in [1.54, 1.807) is 0 Å². The van der Waals surface area contributed by atoms with Crippen molar-refractivity contribution >= 4 is 5.91 Å². The summed E-state index contributed by atoms with van der Waals surface area (Å²) in [4.78, 5) is 11.9. The molecular formula is C16H23NO6. The topological polar surface area (TPSA) is 108 Å². The Hall–Kier alpha value is -1.83. The highest BCUT2D eigenvalue weighted by molar-refractivity contribution is 5.97. The van der Waals surface area contributed by atoms with E-state index < -0.39 is 11.7 Å². The molecule has 1 amide bonds. The normalized spacial score (nSPS) is 21.1. The molecule has 1 fully saturated rings. The molecule has 0 spiro atoms. The molecule has 7 nitrogen and oxygen atoms in total. The molecule has 1 aliphatic rings. The predicted molar refractivity (Wildman–Crippen MR) is 82.5 cm³/mol. The van der Waals surface area contributed by atoms with Crippen molar-refractivity contribution in [2.24, 2.45) is 0 Å². The number of aromatic hydroxyl groups is 2. The van der Waals surface area contributed by atoms with Crippen molar-refractivity contribution < 1.29 is 29.6 Å². The summed E-state index contributed by atoms with van der Waals surface area (Å²) in [6.45, 7) is 1.49. The Bertz CT molecular complexity index is 521. The van der Waals surface area contributed by atoms with E-state index in [1.165, 1.54) is 18.2 Å². The fourth-order valence-electron chi connectivity index (χ4n) is 2.46. The number of nitrogens with one attached hydrogen (secondary N) is 1. The molecule has 1 saturated heterocycles. The Balaban J connectivity index is 1.65. The van der Waals surface area contributed by atoms with Crippen molar-refractivity contribution in [3.63, 3.8) is 0 Å². The number of ether oxygens (including phenoxy) is 2. The van der Waals surface area contributed by atoms with E-state index in [9.17, 15) is 15.0 Å². The summed E-state index contributed by atoms with van der Waals surface area (Å²) in [6.07, 6.45) is 2.04. The zero-order valence-corrected chi connectivity index (χ0v) is 12.9. The maximum atomic E-state index is 11.9. The first-order chi connectivity index (χ1) is 11.1. The summed E-state index contributed by atoms with van der Waals surface area (Å²) >= 11 is 0. The van der Waals surface area contributed by atoms with Gasteiger partial charge in [-0.3, -0.25) is 4.79 Å². The summed E-state index contributed by atoms with van der Waals surface area (Å²) in [5.41, 5.74) is 0.0427. The number of hydrogen-bond acceptors (Lipinski definition) is 6. The van der Waals surface area contributed by atoms with Crippen LogP contribution >= 0.6 is 0 Å². The number of carbonyl (C=O) groups excluding carboxylic acids is 1. The fourth-order valence-corrected chi connectivity index (χ4v) is 2.46. The monoisotopic (exact) mass is 325 g/mol. The van der Waals surface area contributed by atoms with Gasteiger partial charge >= 0.3 is 0 Å². The predicted octanol–water partition coefficient (Wildman–Crippen LogP) is 0.774. The largest absolute Gasteiger partial charge is 0.504 e. The van der Waals surface area contributed by atoms with Crippen LogP contribution in [0.1, 0.15) is 29.6 Å². The van der Waals surface area contributed by atoms with Crippen LogP contribution < -0.4 is 5.32 Å². The molecule has 4 N–H and O–H groups in total. The van der Waals surface area contributed by atoms with Crippen LogP contribution in [0.4, 0.5) is 0 Å². The van der Waals surface area contributed by atoms with Gasteiger partial charge in [0.25, 0.3) is 5.91 Å². The SMILES string of the molecule is O=C(NCCCO[C@@H]1CCO[C@H](CO)C1)c1cccc(O)c1O. The number of para-hydroxylation sites is 1. The van der Waals surface area contributed by atoms with E-state index in [0.29, 0.717) is 32.6 Å². The van der Waals surface area contributed by atoms with E-state index in [-0.39, 0.29) is 30.1 Å². The minimum absolute atomic E-state index is 0.00330. The minimum atomic E-state index is -0.440. The van der Waals surface area contributed by atoms with Crippen LogP contribution in [0.2, 0.25) is 0 Å².